The smallest absolute Gasteiger partial charge is 0.316 e. The van der Waals surface area contributed by atoms with Gasteiger partial charge in [0.15, 0.2) is 0 Å². The minimum Gasteiger partial charge on any atom is -0.468 e. The first-order chi connectivity index (χ1) is 16.9. The highest BCUT2D eigenvalue weighted by molar-refractivity contribution is 6.28. The zero-order valence-corrected chi connectivity index (χ0v) is 20.6. The number of hydrogen-bond donors (Lipinski definition) is 2. The number of hydrogen-bond acceptors (Lipinski definition) is 6. The first kappa shape index (κ1) is 24.1. The molecule has 1 heterocycles. The summed E-state index contributed by atoms with van der Waals surface area (Å²) in [5, 5.41) is 3.25. The zero-order chi connectivity index (χ0) is 25.0. The van der Waals surface area contributed by atoms with Gasteiger partial charge in [-0.15, -0.1) is 0 Å². The molecule has 180 valence electrons. The van der Waals surface area contributed by atoms with E-state index in [-0.39, 0.29) is 11.9 Å². The van der Waals surface area contributed by atoms with Gasteiger partial charge in [0.1, 0.15) is 11.7 Å². The molecule has 2 aromatic carbocycles. The topological polar surface area (TPSA) is 102 Å². The van der Waals surface area contributed by atoms with Gasteiger partial charge in [0.2, 0.25) is 0 Å². The molecule has 3 N–H and O–H groups in total. The van der Waals surface area contributed by atoms with Crippen LogP contribution >= 0.6 is 0 Å². The number of anilines is 1. The molecular weight excluding hydrogens is 438 g/mol. The average molecular weight is 470 g/mol. The summed E-state index contributed by atoms with van der Waals surface area (Å²) < 4.78 is 5.00. The molecule has 1 aliphatic rings. The standard InChI is InChI=1S/C28H31N5O2/c1-18(2)24-16-31-17-25(32-24)33-26(30-3)23(15-29)21-7-5-19(6-8-21)20-9-11-22(12-10-20)28(13-14-28)27(34)35-4/h5-12,15-18H,13-14,29H2,1-4H3,(H,30,32,33). The number of carbonyl (C=O) groups is 1. The van der Waals surface area contributed by atoms with Crippen molar-refractivity contribution in [2.45, 2.75) is 38.0 Å². The van der Waals surface area contributed by atoms with Crippen LogP contribution < -0.4 is 11.1 Å². The molecule has 1 saturated carbocycles. The normalized spacial score (nSPS) is 15.1. The molecule has 4 rings (SSSR count). The predicted molar refractivity (Wildman–Crippen MR) is 140 cm³/mol. The maximum Gasteiger partial charge on any atom is 0.316 e. The van der Waals surface area contributed by atoms with Crippen LogP contribution in [-0.4, -0.2) is 35.9 Å². The van der Waals surface area contributed by atoms with E-state index in [4.69, 9.17) is 10.5 Å². The summed E-state index contributed by atoms with van der Waals surface area (Å²) in [5.74, 6) is 1.35. The maximum atomic E-state index is 12.2. The number of carbonyl (C=O) groups excluding carboxylic acids is 1. The number of amidine groups is 1. The van der Waals surface area contributed by atoms with Gasteiger partial charge in [-0.1, -0.05) is 62.4 Å². The molecule has 0 saturated heterocycles. The first-order valence-electron chi connectivity index (χ1n) is 11.7. The first-order valence-corrected chi connectivity index (χ1v) is 11.7. The van der Waals surface area contributed by atoms with E-state index < -0.39 is 5.41 Å². The van der Waals surface area contributed by atoms with E-state index in [9.17, 15) is 4.79 Å². The molecule has 0 unspecified atom stereocenters. The second-order valence-electron chi connectivity index (χ2n) is 8.99. The molecule has 0 spiro atoms. The lowest BCUT2D eigenvalue weighted by Gasteiger charge is -2.15. The maximum absolute atomic E-state index is 12.2. The number of ether oxygens (including phenoxy) is 1. The Morgan fingerprint density at radius 2 is 1.71 bits per heavy atom. The summed E-state index contributed by atoms with van der Waals surface area (Å²) in [7, 11) is 3.16. The number of methoxy groups -OCH3 is 1. The number of esters is 1. The third-order valence-corrected chi connectivity index (χ3v) is 6.43. The molecule has 1 aromatic heterocycles. The highest BCUT2D eigenvalue weighted by Crippen LogP contribution is 2.49. The fraction of sp³-hybridized carbons (Fsp3) is 0.286. The van der Waals surface area contributed by atoms with Gasteiger partial charge in [0.05, 0.1) is 24.4 Å². The fourth-order valence-corrected chi connectivity index (χ4v) is 4.15. The van der Waals surface area contributed by atoms with Gasteiger partial charge in [-0.05, 0) is 41.0 Å². The van der Waals surface area contributed by atoms with Gasteiger partial charge in [-0.25, -0.2) is 4.98 Å². The summed E-state index contributed by atoms with van der Waals surface area (Å²) >= 11 is 0. The summed E-state index contributed by atoms with van der Waals surface area (Å²) in [4.78, 5) is 25.5. The van der Waals surface area contributed by atoms with Crippen molar-refractivity contribution >= 4 is 23.2 Å². The van der Waals surface area contributed by atoms with E-state index in [1.165, 1.54) is 7.11 Å². The molecule has 7 nitrogen and oxygen atoms in total. The largest absolute Gasteiger partial charge is 0.468 e. The molecule has 0 aliphatic heterocycles. The summed E-state index contributed by atoms with van der Waals surface area (Å²) in [6.07, 6.45) is 6.66. The number of nitrogens with two attached hydrogens (primary N) is 1. The van der Waals surface area contributed by atoms with Gasteiger partial charge in [0.25, 0.3) is 0 Å². The third-order valence-electron chi connectivity index (χ3n) is 6.43. The number of aromatic nitrogens is 2. The van der Waals surface area contributed by atoms with Crippen LogP contribution in [-0.2, 0) is 14.9 Å². The Hall–Kier alpha value is -4.00. The van der Waals surface area contributed by atoms with Crippen LogP contribution in [0.1, 0.15) is 49.4 Å². The van der Waals surface area contributed by atoms with Crippen LogP contribution in [0.2, 0.25) is 0 Å². The highest BCUT2D eigenvalue weighted by atomic mass is 16.5. The SMILES string of the molecule is CN=C(Nc1cncc(C(C)C)n1)C(=CN)c1ccc(-c2ccc(C3(C(=O)OC)CC3)cc2)cc1. The minimum atomic E-state index is -0.458. The highest BCUT2D eigenvalue weighted by Gasteiger charge is 2.52. The van der Waals surface area contributed by atoms with E-state index in [0.717, 1.165) is 46.4 Å². The van der Waals surface area contributed by atoms with Crippen molar-refractivity contribution in [1.82, 2.24) is 9.97 Å². The van der Waals surface area contributed by atoms with Crippen molar-refractivity contribution in [1.29, 1.82) is 0 Å². The lowest BCUT2D eigenvalue weighted by atomic mass is 9.93. The molecule has 0 amide bonds. The van der Waals surface area contributed by atoms with Gasteiger partial charge in [-0.3, -0.25) is 14.8 Å². The van der Waals surface area contributed by atoms with Crippen LogP contribution in [0.25, 0.3) is 16.7 Å². The number of aliphatic imine (C=N–C) groups is 1. The summed E-state index contributed by atoms with van der Waals surface area (Å²) in [6.45, 7) is 4.15. The van der Waals surface area contributed by atoms with Gasteiger partial charge in [0, 0.05) is 25.0 Å². The van der Waals surface area contributed by atoms with Crippen molar-refractivity contribution < 1.29 is 9.53 Å². The third kappa shape index (κ3) is 4.94. The second kappa shape index (κ2) is 10.1. The Morgan fingerprint density at radius 1 is 1.09 bits per heavy atom. The van der Waals surface area contributed by atoms with E-state index in [2.05, 4.69) is 34.1 Å². The van der Waals surface area contributed by atoms with E-state index in [0.29, 0.717) is 11.7 Å². The Bertz CT molecular complexity index is 1260. The van der Waals surface area contributed by atoms with Crippen molar-refractivity contribution in [3.63, 3.8) is 0 Å². The Labute approximate surface area is 206 Å². The quantitative estimate of drug-likeness (QED) is 0.290. The molecule has 1 aliphatic carbocycles. The predicted octanol–water partition coefficient (Wildman–Crippen LogP) is 4.91. The van der Waals surface area contributed by atoms with Crippen molar-refractivity contribution in [3.05, 3.63) is 83.9 Å². The number of nitrogens with zero attached hydrogens (tertiary/aromatic N) is 3. The summed E-state index contributed by atoms with van der Waals surface area (Å²) in [5.41, 5.74) is 11.3. The van der Waals surface area contributed by atoms with Crippen LogP contribution in [0.3, 0.4) is 0 Å². The molecule has 1 fully saturated rings. The van der Waals surface area contributed by atoms with E-state index in [1.807, 2.05) is 48.5 Å². The molecule has 0 atom stereocenters. The van der Waals surface area contributed by atoms with Crippen molar-refractivity contribution in [2.75, 3.05) is 19.5 Å². The Kier molecular flexibility index (Phi) is 6.96. The molecule has 7 heteroatoms. The van der Waals surface area contributed by atoms with Crippen LogP contribution in [0.5, 0.6) is 0 Å². The van der Waals surface area contributed by atoms with Gasteiger partial charge in [-0.2, -0.15) is 0 Å². The molecule has 0 bridgehead atoms. The van der Waals surface area contributed by atoms with E-state index in [1.54, 1.807) is 25.6 Å². The number of benzene rings is 2. The van der Waals surface area contributed by atoms with Gasteiger partial charge < -0.3 is 15.8 Å². The van der Waals surface area contributed by atoms with E-state index >= 15 is 0 Å². The molecule has 0 radical (unpaired) electrons. The minimum absolute atomic E-state index is 0.153. The van der Waals surface area contributed by atoms with Crippen molar-refractivity contribution in [3.8, 4) is 11.1 Å². The molecule has 3 aromatic rings. The zero-order valence-electron chi connectivity index (χ0n) is 20.6. The van der Waals surface area contributed by atoms with Crippen LogP contribution in [0.4, 0.5) is 5.82 Å². The van der Waals surface area contributed by atoms with Crippen LogP contribution in [0, 0.1) is 0 Å². The Balaban J connectivity index is 1.52. The Morgan fingerprint density at radius 3 is 2.23 bits per heavy atom. The molecule has 35 heavy (non-hydrogen) atoms. The lowest BCUT2D eigenvalue weighted by Crippen LogP contribution is -2.21. The second-order valence-corrected chi connectivity index (χ2v) is 8.99. The average Bonchev–Trinajstić information content (AvgIpc) is 3.71. The van der Waals surface area contributed by atoms with Crippen molar-refractivity contribution in [2.24, 2.45) is 10.7 Å². The fourth-order valence-electron chi connectivity index (χ4n) is 4.15. The number of rotatable bonds is 7. The number of nitrogens with one attached hydrogen (secondary N) is 1. The summed E-state index contributed by atoms with van der Waals surface area (Å²) in [6, 6.07) is 16.3. The van der Waals surface area contributed by atoms with Gasteiger partial charge >= 0.3 is 5.97 Å². The monoisotopic (exact) mass is 469 g/mol. The van der Waals surface area contributed by atoms with Crippen LogP contribution in [0.15, 0.2) is 72.1 Å². The lowest BCUT2D eigenvalue weighted by molar-refractivity contribution is -0.143. The molecular formula is C28H31N5O2.